The van der Waals surface area contributed by atoms with Gasteiger partial charge in [0.25, 0.3) is 0 Å². The average molecular weight is 516 g/mol. The molecule has 0 spiro atoms. The second kappa shape index (κ2) is 11.1. The maximum Gasteiger partial charge on any atom is 1.00 e. The number of benzene rings is 2. The van der Waals surface area contributed by atoms with Crippen LogP contribution in [0.4, 0.5) is 10.5 Å². The number of amides is 1. The molecule has 34 heavy (non-hydrogen) atoms. The molecule has 0 aliphatic carbocycles. The summed E-state index contributed by atoms with van der Waals surface area (Å²) in [5.74, 6) is 0.0783. The third-order valence-electron chi connectivity index (χ3n) is 4.88. The van der Waals surface area contributed by atoms with Gasteiger partial charge in [-0.25, -0.2) is 22.3 Å². The summed E-state index contributed by atoms with van der Waals surface area (Å²) in [6.07, 6.45) is -0.418. The van der Waals surface area contributed by atoms with Crippen molar-refractivity contribution in [2.24, 2.45) is 0 Å². The van der Waals surface area contributed by atoms with Gasteiger partial charge in [0, 0.05) is 51.6 Å². The van der Waals surface area contributed by atoms with Crippen molar-refractivity contribution < 1.29 is 51.9 Å². The van der Waals surface area contributed by atoms with Gasteiger partial charge in [-0.1, -0.05) is 35.9 Å². The third kappa shape index (κ3) is 6.32. The number of aryl methyl sites for hydroxylation is 1. The molecule has 0 radical (unpaired) electrons. The maximum atomic E-state index is 12.7. The molecule has 9 nitrogen and oxygen atoms in total. The van der Waals surface area contributed by atoms with E-state index in [1.807, 2.05) is 0 Å². The Morgan fingerprint density at radius 2 is 1.82 bits per heavy atom. The Hall–Kier alpha value is -2.08. The molecule has 3 rings (SSSR count). The van der Waals surface area contributed by atoms with Crippen molar-refractivity contribution in [3.8, 4) is 5.75 Å². The number of hydrogen-bond acceptors (Lipinski definition) is 6. The zero-order valence-corrected chi connectivity index (χ0v) is 23.3. The van der Waals surface area contributed by atoms with Crippen LogP contribution in [0.1, 0.15) is 16.7 Å². The Labute approximate surface area is 225 Å². The third-order valence-corrected chi connectivity index (χ3v) is 6.54. The van der Waals surface area contributed by atoms with Gasteiger partial charge in [0.1, 0.15) is 5.58 Å². The van der Waals surface area contributed by atoms with Gasteiger partial charge in [-0.2, -0.15) is 0 Å². The molecule has 1 heterocycles. The van der Waals surface area contributed by atoms with Gasteiger partial charge < -0.3 is 18.8 Å². The zero-order valence-electron chi connectivity index (χ0n) is 19.7. The van der Waals surface area contributed by atoms with Crippen LogP contribution in [0.3, 0.4) is 0 Å². The first-order valence-electron chi connectivity index (χ1n) is 9.78. The fourth-order valence-corrected chi connectivity index (χ4v) is 3.75. The summed E-state index contributed by atoms with van der Waals surface area (Å²) < 4.78 is 39.6. The minimum Gasteiger partial charge on any atom is -0.564 e. The summed E-state index contributed by atoms with van der Waals surface area (Å²) in [5, 5.41) is 0.783. The van der Waals surface area contributed by atoms with Gasteiger partial charge in [-0.05, 0) is 24.1 Å². The minimum absolute atomic E-state index is 0. The van der Waals surface area contributed by atoms with Crippen LogP contribution in [-0.2, 0) is 16.6 Å². The van der Waals surface area contributed by atoms with Gasteiger partial charge in [-0.3, -0.25) is 0 Å². The van der Waals surface area contributed by atoms with Crippen LogP contribution in [0, 0.1) is 6.92 Å². The summed E-state index contributed by atoms with van der Waals surface area (Å²) in [5.41, 5.74) is 1.65. The Bertz CT molecular complexity index is 1390. The van der Waals surface area contributed by atoms with Crippen molar-refractivity contribution in [1.29, 1.82) is 0 Å². The predicted octanol–water partition coefficient (Wildman–Crippen LogP) is 1.22. The second-order valence-electron chi connectivity index (χ2n) is 7.73. The number of halogens is 1. The van der Waals surface area contributed by atoms with Gasteiger partial charge in [0.05, 0.1) is 5.02 Å². The van der Waals surface area contributed by atoms with Crippen LogP contribution in [0.5, 0.6) is 5.75 Å². The number of nitrogens with zero attached hydrogens (tertiary/aromatic N) is 3. The van der Waals surface area contributed by atoms with E-state index in [1.165, 1.54) is 39.2 Å². The summed E-state index contributed by atoms with van der Waals surface area (Å²) in [6.45, 7) is 1.77. The predicted molar refractivity (Wildman–Crippen MR) is 127 cm³/mol. The summed E-state index contributed by atoms with van der Waals surface area (Å²) in [7, 11) is 2.07. The van der Waals surface area contributed by atoms with E-state index in [2.05, 4.69) is 4.72 Å². The molecule has 0 saturated heterocycles. The Balaban J connectivity index is 0.00000408. The largest absolute Gasteiger partial charge is 1.00 e. The zero-order chi connectivity index (χ0) is 24.5. The van der Waals surface area contributed by atoms with Crippen LogP contribution >= 0.6 is 11.6 Å². The number of carbonyl (C=O) groups excluding carboxylic acids is 1. The molecule has 0 bridgehead atoms. The van der Waals surface area contributed by atoms with E-state index in [4.69, 9.17) is 20.8 Å². The molecule has 0 aliphatic heterocycles. The number of hydrogen-bond donors (Lipinski definition) is 0. The Kier molecular flexibility index (Phi) is 9.20. The van der Waals surface area contributed by atoms with E-state index in [1.54, 1.807) is 37.3 Å². The van der Waals surface area contributed by atoms with Gasteiger partial charge in [0.2, 0.25) is 0 Å². The molecule has 1 amide bonds. The van der Waals surface area contributed by atoms with E-state index in [-0.39, 0.29) is 58.0 Å². The minimum atomic E-state index is -3.78. The fourth-order valence-electron chi connectivity index (χ4n) is 3.00. The number of fused-ring (bicyclic) bond motifs is 1. The first kappa shape index (κ1) is 28.2. The van der Waals surface area contributed by atoms with Crippen LogP contribution in [0.15, 0.2) is 45.6 Å². The monoisotopic (exact) mass is 515 g/mol. The van der Waals surface area contributed by atoms with Gasteiger partial charge in [0.15, 0.2) is 16.0 Å². The molecule has 0 N–H and O–H groups in total. The van der Waals surface area contributed by atoms with E-state index in [0.717, 1.165) is 4.31 Å². The maximum absolute atomic E-state index is 12.7. The number of ether oxygens (including phenoxy) is 1. The molecule has 0 aliphatic rings. The van der Waals surface area contributed by atoms with Crippen molar-refractivity contribution >= 4 is 44.6 Å². The molecule has 0 atom stereocenters. The second-order valence-corrected chi connectivity index (χ2v) is 9.95. The van der Waals surface area contributed by atoms with Crippen molar-refractivity contribution in [3.05, 3.63) is 73.3 Å². The first-order chi connectivity index (χ1) is 15.4. The molecule has 12 heteroatoms. The average Bonchev–Trinajstić information content (AvgIpc) is 2.72. The first-order valence-corrected chi connectivity index (χ1v) is 11.6. The summed E-state index contributed by atoms with van der Waals surface area (Å²) in [6, 6.07) is 9.58. The van der Waals surface area contributed by atoms with E-state index in [0.29, 0.717) is 22.1 Å². The molecule has 1 aromatic heterocycles. The summed E-state index contributed by atoms with van der Waals surface area (Å²) in [4.78, 5) is 25.8. The SMILES string of the molecule is Cc1c(Cc2cccc([N-]S(=O)(=O)N(C)C)c2)c(=O)oc2cc(OC(=O)N(C)C)c(Cl)cc12.[Na+]. The van der Waals surface area contributed by atoms with E-state index >= 15 is 0 Å². The van der Waals surface area contributed by atoms with Crippen molar-refractivity contribution in [2.45, 2.75) is 13.3 Å². The van der Waals surface area contributed by atoms with Crippen LogP contribution in [0.2, 0.25) is 5.02 Å². The molecule has 176 valence electrons. The van der Waals surface area contributed by atoms with Crippen molar-refractivity contribution in [1.82, 2.24) is 9.21 Å². The van der Waals surface area contributed by atoms with Crippen LogP contribution < -0.4 is 39.9 Å². The van der Waals surface area contributed by atoms with Gasteiger partial charge >= 0.3 is 41.3 Å². The topological polar surface area (TPSA) is 111 Å². The van der Waals surface area contributed by atoms with Crippen LogP contribution in [-0.4, -0.2) is 51.9 Å². The van der Waals surface area contributed by atoms with Crippen LogP contribution in [0.25, 0.3) is 15.7 Å². The standard InChI is InChI=1S/C22H23ClN3O6S.Na/c1-13-16-11-18(23)20(32-22(28)25(2)3)12-19(16)31-21(27)17(13)10-14-7-6-8-15(9-14)24-33(29,30)26(4)5;/h6-9,11-12H,10H2,1-5H3;/q-1;+1. The molecular formula is C22H23ClN3NaO6S. The Morgan fingerprint density at radius 1 is 1.15 bits per heavy atom. The normalized spacial score (nSPS) is 11.3. The smallest absolute Gasteiger partial charge is 0.564 e. The molecule has 2 aromatic carbocycles. The van der Waals surface area contributed by atoms with E-state index in [9.17, 15) is 18.0 Å². The van der Waals surface area contributed by atoms with Gasteiger partial charge in [-0.15, -0.1) is 5.69 Å². The van der Waals surface area contributed by atoms with Crippen molar-refractivity contribution in [3.63, 3.8) is 0 Å². The molecule has 0 unspecified atom stereocenters. The fraction of sp³-hybridized carbons (Fsp3) is 0.273. The van der Waals surface area contributed by atoms with Crippen molar-refractivity contribution in [2.75, 3.05) is 28.2 Å². The molecular weight excluding hydrogens is 493 g/mol. The van der Waals surface area contributed by atoms with E-state index < -0.39 is 21.9 Å². The molecule has 0 fully saturated rings. The summed E-state index contributed by atoms with van der Waals surface area (Å²) >= 11 is 6.30. The number of carbonyl (C=O) groups is 1. The number of rotatable bonds is 6. The quantitative estimate of drug-likeness (QED) is 0.360. The Morgan fingerprint density at radius 3 is 2.44 bits per heavy atom. The molecule has 3 aromatic rings. The molecule has 0 saturated carbocycles.